The van der Waals surface area contributed by atoms with Crippen molar-refractivity contribution < 1.29 is 4.74 Å². The fraction of sp³-hybridized carbons (Fsp3) is 0.583. The van der Waals surface area contributed by atoms with Gasteiger partial charge in [-0.05, 0) is 81.2 Å². The first-order chi connectivity index (χ1) is 13.4. The number of likely N-dealkylation sites (tertiary alicyclic amines) is 2. The van der Waals surface area contributed by atoms with E-state index < -0.39 is 0 Å². The van der Waals surface area contributed by atoms with Crippen molar-refractivity contribution in [3.63, 3.8) is 0 Å². The lowest BCUT2D eigenvalue weighted by Crippen LogP contribution is -2.31. The van der Waals surface area contributed by atoms with Gasteiger partial charge in [0.1, 0.15) is 5.75 Å². The molecule has 146 valence electrons. The number of hydrogen-bond donors (Lipinski definition) is 0. The Morgan fingerprint density at radius 2 is 1.37 bits per heavy atom. The van der Waals surface area contributed by atoms with Crippen molar-refractivity contribution in [1.29, 1.82) is 0 Å². The summed E-state index contributed by atoms with van der Waals surface area (Å²) in [4.78, 5) is 5.19. The summed E-state index contributed by atoms with van der Waals surface area (Å²) in [6, 6.07) is 13.3. The topological polar surface area (TPSA) is 15.7 Å². The Balaban J connectivity index is 1.41. The van der Waals surface area contributed by atoms with Crippen LogP contribution in [0, 0.1) is 0 Å². The minimum atomic E-state index is 0.821. The molecule has 0 spiro atoms. The molecule has 0 radical (unpaired) electrons. The highest BCUT2D eigenvalue weighted by Gasteiger charge is 2.15. The van der Waals surface area contributed by atoms with Crippen molar-refractivity contribution in [3.05, 3.63) is 42.0 Å². The Kier molecular flexibility index (Phi) is 6.65. The minimum absolute atomic E-state index is 0.821. The molecule has 0 saturated carbocycles. The van der Waals surface area contributed by atoms with Gasteiger partial charge >= 0.3 is 0 Å². The van der Waals surface area contributed by atoms with Crippen LogP contribution in [0.15, 0.2) is 36.4 Å². The Labute approximate surface area is 164 Å². The van der Waals surface area contributed by atoms with Gasteiger partial charge in [-0.25, -0.2) is 0 Å². The molecule has 0 bridgehead atoms. The predicted molar refractivity (Wildman–Crippen MR) is 113 cm³/mol. The van der Waals surface area contributed by atoms with E-state index >= 15 is 0 Å². The van der Waals surface area contributed by atoms with Gasteiger partial charge in [-0.1, -0.05) is 37.1 Å². The molecule has 0 aliphatic carbocycles. The fourth-order valence-corrected chi connectivity index (χ4v) is 4.54. The van der Waals surface area contributed by atoms with E-state index in [9.17, 15) is 0 Å². The molecule has 0 atom stereocenters. The van der Waals surface area contributed by atoms with Crippen LogP contribution in [-0.2, 0) is 6.54 Å². The molecule has 2 aliphatic rings. The van der Waals surface area contributed by atoms with Crippen LogP contribution in [0.1, 0.15) is 50.5 Å². The minimum Gasteiger partial charge on any atom is -0.493 e. The normalized spacial score (nSPS) is 19.4. The molecule has 27 heavy (non-hydrogen) atoms. The van der Waals surface area contributed by atoms with E-state index in [2.05, 4.69) is 46.2 Å². The second kappa shape index (κ2) is 9.57. The van der Waals surface area contributed by atoms with Gasteiger partial charge in [0.05, 0.1) is 6.61 Å². The number of hydrogen-bond acceptors (Lipinski definition) is 3. The molecule has 2 saturated heterocycles. The van der Waals surface area contributed by atoms with Gasteiger partial charge in [0.15, 0.2) is 0 Å². The third-order valence-corrected chi connectivity index (χ3v) is 6.10. The van der Waals surface area contributed by atoms with Crippen molar-refractivity contribution in [2.75, 3.05) is 39.3 Å². The van der Waals surface area contributed by atoms with Gasteiger partial charge in [0, 0.05) is 18.7 Å². The van der Waals surface area contributed by atoms with Crippen molar-refractivity contribution >= 4 is 10.8 Å². The number of nitrogens with zero attached hydrogens (tertiary/aromatic N) is 2. The van der Waals surface area contributed by atoms with Crippen LogP contribution in [0.4, 0.5) is 0 Å². The first kappa shape index (κ1) is 18.8. The lowest BCUT2D eigenvalue weighted by atomic mass is 10.0. The molecule has 0 aromatic heterocycles. The average Bonchev–Trinajstić information content (AvgIpc) is 2.73. The zero-order valence-electron chi connectivity index (χ0n) is 16.7. The van der Waals surface area contributed by atoms with Crippen molar-refractivity contribution in [3.8, 4) is 5.75 Å². The zero-order valence-corrected chi connectivity index (χ0v) is 16.7. The van der Waals surface area contributed by atoms with Crippen LogP contribution >= 0.6 is 0 Å². The highest BCUT2D eigenvalue weighted by molar-refractivity contribution is 5.85. The maximum atomic E-state index is 6.32. The SMILES string of the molecule is c1ccc2cc(OCCCN3CCCCC3)c(CN3CCCCC3)cc2c1. The van der Waals surface area contributed by atoms with E-state index in [0.717, 1.165) is 25.3 Å². The molecule has 3 heteroatoms. The van der Waals surface area contributed by atoms with Crippen LogP contribution in [0.3, 0.4) is 0 Å². The summed E-state index contributed by atoms with van der Waals surface area (Å²) in [5.74, 6) is 1.10. The molecule has 2 aromatic carbocycles. The molecule has 2 aromatic rings. The summed E-state index contributed by atoms with van der Waals surface area (Å²) in [6.07, 6.45) is 9.31. The van der Waals surface area contributed by atoms with Crippen LogP contribution < -0.4 is 4.74 Å². The zero-order chi connectivity index (χ0) is 18.3. The summed E-state index contributed by atoms with van der Waals surface area (Å²) in [7, 11) is 0. The monoisotopic (exact) mass is 366 g/mol. The van der Waals surface area contributed by atoms with E-state index in [1.54, 1.807) is 0 Å². The highest BCUT2D eigenvalue weighted by Crippen LogP contribution is 2.28. The van der Waals surface area contributed by atoms with Gasteiger partial charge in [-0.3, -0.25) is 4.90 Å². The van der Waals surface area contributed by atoms with E-state index in [1.807, 2.05) is 0 Å². The van der Waals surface area contributed by atoms with E-state index in [-0.39, 0.29) is 0 Å². The summed E-state index contributed by atoms with van der Waals surface area (Å²) in [5.41, 5.74) is 1.36. The first-order valence-corrected chi connectivity index (χ1v) is 11.0. The van der Waals surface area contributed by atoms with E-state index in [4.69, 9.17) is 4.74 Å². The molecule has 2 heterocycles. The lowest BCUT2D eigenvalue weighted by molar-refractivity contribution is 0.200. The van der Waals surface area contributed by atoms with Crippen LogP contribution in [-0.4, -0.2) is 49.1 Å². The van der Waals surface area contributed by atoms with Crippen LogP contribution in [0.25, 0.3) is 10.8 Å². The second-order valence-electron chi connectivity index (χ2n) is 8.25. The molecule has 2 aliphatic heterocycles. The van der Waals surface area contributed by atoms with E-state index in [1.165, 1.54) is 87.6 Å². The summed E-state index contributed by atoms with van der Waals surface area (Å²) < 4.78 is 6.32. The Bertz CT molecular complexity index is 717. The van der Waals surface area contributed by atoms with E-state index in [0.29, 0.717) is 0 Å². The second-order valence-corrected chi connectivity index (χ2v) is 8.25. The molecular weight excluding hydrogens is 332 g/mol. The summed E-state index contributed by atoms with van der Waals surface area (Å²) >= 11 is 0. The summed E-state index contributed by atoms with van der Waals surface area (Å²) in [6.45, 7) is 8.01. The number of piperidine rings is 2. The van der Waals surface area contributed by atoms with Crippen molar-refractivity contribution in [1.82, 2.24) is 9.80 Å². The van der Waals surface area contributed by atoms with Crippen molar-refractivity contribution in [2.24, 2.45) is 0 Å². The highest BCUT2D eigenvalue weighted by atomic mass is 16.5. The predicted octanol–water partition coefficient (Wildman–Crippen LogP) is 5.08. The van der Waals surface area contributed by atoms with Gasteiger partial charge < -0.3 is 9.64 Å². The molecule has 2 fully saturated rings. The molecule has 4 rings (SSSR count). The van der Waals surface area contributed by atoms with Crippen LogP contribution in [0.5, 0.6) is 5.75 Å². The Morgan fingerprint density at radius 3 is 2.07 bits per heavy atom. The van der Waals surface area contributed by atoms with Gasteiger partial charge in [-0.15, -0.1) is 0 Å². The number of rotatable bonds is 7. The smallest absolute Gasteiger partial charge is 0.124 e. The maximum Gasteiger partial charge on any atom is 0.124 e. The van der Waals surface area contributed by atoms with Gasteiger partial charge in [0.2, 0.25) is 0 Å². The number of fused-ring (bicyclic) bond motifs is 1. The summed E-state index contributed by atoms with van der Waals surface area (Å²) in [5, 5.41) is 2.61. The fourth-order valence-electron chi connectivity index (χ4n) is 4.54. The number of ether oxygens (including phenoxy) is 1. The standard InChI is InChI=1S/C24H34N2O/c1-5-12-25(13-6-1)16-9-17-27-24-19-22-11-4-3-10-21(22)18-23(24)20-26-14-7-2-8-15-26/h3-4,10-11,18-19H,1-2,5-9,12-17,20H2. The largest absolute Gasteiger partial charge is 0.493 e. The molecule has 0 unspecified atom stereocenters. The third-order valence-electron chi connectivity index (χ3n) is 6.10. The molecular formula is C24H34N2O. The molecule has 0 amide bonds. The lowest BCUT2D eigenvalue weighted by Gasteiger charge is -2.28. The molecule has 3 nitrogen and oxygen atoms in total. The Hall–Kier alpha value is -1.58. The quantitative estimate of drug-likeness (QED) is 0.636. The third kappa shape index (κ3) is 5.24. The molecule has 0 N–H and O–H groups in total. The number of benzene rings is 2. The maximum absolute atomic E-state index is 6.32. The average molecular weight is 367 g/mol. The van der Waals surface area contributed by atoms with Gasteiger partial charge in [0.25, 0.3) is 0 Å². The first-order valence-electron chi connectivity index (χ1n) is 11.0. The Morgan fingerprint density at radius 1 is 0.741 bits per heavy atom. The van der Waals surface area contributed by atoms with Crippen molar-refractivity contribution in [2.45, 2.75) is 51.5 Å². The van der Waals surface area contributed by atoms with Crippen LogP contribution in [0.2, 0.25) is 0 Å². The van der Waals surface area contributed by atoms with Gasteiger partial charge in [-0.2, -0.15) is 0 Å².